The van der Waals surface area contributed by atoms with Gasteiger partial charge >= 0.3 is 0 Å². The summed E-state index contributed by atoms with van der Waals surface area (Å²) in [5, 5.41) is 8.63. The van der Waals surface area contributed by atoms with Crippen LogP contribution >= 0.6 is 11.3 Å². The van der Waals surface area contributed by atoms with Crippen molar-refractivity contribution in [2.24, 2.45) is 17.9 Å². The van der Waals surface area contributed by atoms with Gasteiger partial charge in [0.05, 0.1) is 10.9 Å². The molecule has 0 saturated heterocycles. The number of hydrogen-bond donors (Lipinski definition) is 0. The molecule has 3 aromatic carbocycles. The Morgan fingerprint density at radius 3 is 2.33 bits per heavy atom. The van der Waals surface area contributed by atoms with Gasteiger partial charge in [-0.2, -0.15) is 0 Å². The normalized spacial score (nSPS) is 13.4. The summed E-state index contributed by atoms with van der Waals surface area (Å²) in [6.45, 7) is 16.1. The molecule has 3 heterocycles. The standard InChI is InChI=1S/C33H36NOS/c1-19-22-12-14-36-31(22)25(18-33(5,6)7)30-27(19)29-28-24(11-13-34(29)8)23-10-9-20(17-32(2,3)4)15-21(23)16-26(28)35-30/h9-16H,17-18H2,1-8H3/q+1. The van der Waals surface area contributed by atoms with Crippen LogP contribution in [0.15, 0.2) is 48.0 Å². The molecule has 1 aliphatic rings. The molecular formula is C33H36NOS+. The Kier molecular flexibility index (Phi) is 5.08. The first-order valence-corrected chi connectivity index (χ1v) is 13.9. The molecule has 0 saturated carbocycles. The van der Waals surface area contributed by atoms with E-state index in [1.54, 1.807) is 0 Å². The van der Waals surface area contributed by atoms with Gasteiger partial charge in [-0.1, -0.05) is 59.7 Å². The van der Waals surface area contributed by atoms with Crippen LogP contribution in [0.3, 0.4) is 0 Å². The van der Waals surface area contributed by atoms with Gasteiger partial charge in [-0.3, -0.25) is 0 Å². The number of ether oxygens (including phenoxy) is 1. The number of rotatable bonds is 2. The Labute approximate surface area is 218 Å². The number of hydrogen-bond acceptors (Lipinski definition) is 2. The van der Waals surface area contributed by atoms with Gasteiger partial charge in [0, 0.05) is 21.7 Å². The van der Waals surface area contributed by atoms with Crippen molar-refractivity contribution in [1.82, 2.24) is 0 Å². The number of aryl methyl sites for hydroxylation is 2. The lowest BCUT2D eigenvalue weighted by Crippen LogP contribution is -2.32. The highest BCUT2D eigenvalue weighted by atomic mass is 32.1. The Bertz CT molecular complexity index is 1690. The molecule has 0 radical (unpaired) electrons. The fourth-order valence-corrected chi connectivity index (χ4v) is 7.01. The molecule has 3 heteroatoms. The molecule has 0 bridgehead atoms. The average Bonchev–Trinajstić information content (AvgIpc) is 3.26. The van der Waals surface area contributed by atoms with Crippen molar-refractivity contribution in [3.8, 4) is 22.8 Å². The number of pyridine rings is 1. The van der Waals surface area contributed by atoms with E-state index in [0.717, 1.165) is 24.3 Å². The Morgan fingerprint density at radius 1 is 0.861 bits per heavy atom. The Morgan fingerprint density at radius 2 is 1.61 bits per heavy atom. The lowest BCUT2D eigenvalue weighted by molar-refractivity contribution is -0.659. The van der Waals surface area contributed by atoms with Crippen molar-refractivity contribution in [3.05, 3.63) is 64.7 Å². The first-order chi connectivity index (χ1) is 16.9. The Balaban J connectivity index is 1.70. The molecule has 36 heavy (non-hydrogen) atoms. The van der Waals surface area contributed by atoms with E-state index in [1.807, 2.05) is 11.3 Å². The first-order valence-electron chi connectivity index (χ1n) is 13.0. The molecule has 1 aliphatic heterocycles. The van der Waals surface area contributed by atoms with E-state index in [-0.39, 0.29) is 10.8 Å². The summed E-state index contributed by atoms with van der Waals surface area (Å²) in [7, 11) is 2.17. The number of fused-ring (bicyclic) bond motifs is 5. The van der Waals surface area contributed by atoms with Crippen LogP contribution in [0, 0.1) is 17.8 Å². The molecule has 2 nitrogen and oxygen atoms in total. The van der Waals surface area contributed by atoms with Gasteiger partial charge in [0.25, 0.3) is 0 Å². The number of benzene rings is 3. The predicted molar refractivity (Wildman–Crippen MR) is 155 cm³/mol. The maximum absolute atomic E-state index is 6.98. The molecular weight excluding hydrogens is 458 g/mol. The summed E-state index contributed by atoms with van der Waals surface area (Å²) in [4.78, 5) is 0. The van der Waals surface area contributed by atoms with Crippen LogP contribution in [-0.4, -0.2) is 0 Å². The molecule has 0 N–H and O–H groups in total. The third-order valence-electron chi connectivity index (χ3n) is 7.37. The van der Waals surface area contributed by atoms with Crippen molar-refractivity contribution in [2.45, 2.75) is 61.3 Å². The van der Waals surface area contributed by atoms with Crippen LogP contribution < -0.4 is 9.30 Å². The molecule has 0 amide bonds. The summed E-state index contributed by atoms with van der Waals surface area (Å²) in [5.74, 6) is 2.03. The third-order valence-corrected chi connectivity index (χ3v) is 8.35. The fraction of sp³-hybridized carbons (Fsp3) is 0.364. The van der Waals surface area contributed by atoms with Gasteiger partial charge in [0.15, 0.2) is 6.20 Å². The van der Waals surface area contributed by atoms with Crippen molar-refractivity contribution in [2.75, 3.05) is 0 Å². The van der Waals surface area contributed by atoms with E-state index in [4.69, 9.17) is 4.74 Å². The van der Waals surface area contributed by atoms with E-state index in [9.17, 15) is 0 Å². The average molecular weight is 495 g/mol. The quantitative estimate of drug-likeness (QED) is 0.173. The van der Waals surface area contributed by atoms with Crippen molar-refractivity contribution in [1.29, 1.82) is 0 Å². The second kappa shape index (κ2) is 7.79. The van der Waals surface area contributed by atoms with Gasteiger partial charge in [-0.25, -0.2) is 4.57 Å². The molecule has 0 fully saturated rings. The monoisotopic (exact) mass is 494 g/mol. The minimum absolute atomic E-state index is 0.156. The lowest BCUT2D eigenvalue weighted by atomic mass is 9.83. The molecule has 5 aromatic rings. The highest BCUT2D eigenvalue weighted by molar-refractivity contribution is 7.17. The SMILES string of the molecule is Cc1c2c(c(CC(C)(C)C)c3sccc13)Oc1cc3cc(CC(C)(C)C)ccc3c3cc[n+](C)c-2c13. The van der Waals surface area contributed by atoms with Gasteiger partial charge in [-0.15, -0.1) is 11.3 Å². The highest BCUT2D eigenvalue weighted by Crippen LogP contribution is 2.53. The maximum atomic E-state index is 6.98. The Hall–Kier alpha value is -2.91. The zero-order valence-corrected chi connectivity index (χ0v) is 23.6. The van der Waals surface area contributed by atoms with Gasteiger partial charge in [0.1, 0.15) is 18.5 Å². The number of aromatic nitrogens is 1. The van der Waals surface area contributed by atoms with Gasteiger partial charge in [-0.05, 0) is 75.4 Å². The van der Waals surface area contributed by atoms with Crippen LogP contribution in [0.5, 0.6) is 11.5 Å². The molecule has 2 aromatic heterocycles. The van der Waals surface area contributed by atoms with Gasteiger partial charge < -0.3 is 4.74 Å². The number of thiophene rings is 1. The molecule has 0 unspecified atom stereocenters. The van der Waals surface area contributed by atoms with Crippen LogP contribution in [0.2, 0.25) is 0 Å². The van der Waals surface area contributed by atoms with E-state index >= 15 is 0 Å². The van der Waals surface area contributed by atoms with Crippen LogP contribution in [-0.2, 0) is 19.9 Å². The molecule has 0 spiro atoms. The van der Waals surface area contributed by atoms with Gasteiger partial charge in [0.2, 0.25) is 5.69 Å². The van der Waals surface area contributed by atoms with E-state index in [1.165, 1.54) is 59.6 Å². The van der Waals surface area contributed by atoms with E-state index in [0.29, 0.717) is 0 Å². The zero-order valence-electron chi connectivity index (χ0n) is 22.8. The summed E-state index contributed by atoms with van der Waals surface area (Å²) >= 11 is 1.84. The van der Waals surface area contributed by atoms with E-state index < -0.39 is 0 Å². The molecule has 6 rings (SSSR count). The summed E-state index contributed by atoms with van der Waals surface area (Å²) < 4.78 is 10.6. The van der Waals surface area contributed by atoms with Crippen LogP contribution in [0.1, 0.15) is 58.2 Å². The van der Waals surface area contributed by atoms with Crippen LogP contribution in [0.4, 0.5) is 0 Å². The zero-order chi connectivity index (χ0) is 25.6. The topological polar surface area (TPSA) is 13.1 Å². The summed E-state index contributed by atoms with van der Waals surface area (Å²) in [6.07, 6.45) is 4.25. The molecule has 0 aliphatic carbocycles. The third kappa shape index (κ3) is 3.71. The van der Waals surface area contributed by atoms with Crippen LogP contribution in [0.25, 0.3) is 42.9 Å². The molecule has 0 atom stereocenters. The maximum Gasteiger partial charge on any atom is 0.228 e. The summed E-state index contributed by atoms with van der Waals surface area (Å²) in [5.41, 5.74) is 6.97. The lowest BCUT2D eigenvalue weighted by Gasteiger charge is -2.27. The molecule has 184 valence electrons. The first kappa shape index (κ1) is 23.5. The van der Waals surface area contributed by atoms with Crippen molar-refractivity contribution >= 4 is 43.0 Å². The largest absolute Gasteiger partial charge is 0.455 e. The smallest absolute Gasteiger partial charge is 0.228 e. The summed E-state index contributed by atoms with van der Waals surface area (Å²) in [6, 6.07) is 13.8. The second-order valence-electron chi connectivity index (χ2n) is 13.0. The second-order valence-corrected chi connectivity index (χ2v) is 14.0. The fourth-order valence-electron chi connectivity index (χ4n) is 6.01. The van der Waals surface area contributed by atoms with Crippen molar-refractivity contribution < 1.29 is 9.30 Å². The number of nitrogens with zero attached hydrogens (tertiary/aromatic N) is 1. The minimum Gasteiger partial charge on any atom is -0.455 e. The predicted octanol–water partition coefficient (Wildman–Crippen LogP) is 9.29. The van der Waals surface area contributed by atoms with E-state index in [2.05, 4.69) is 108 Å². The van der Waals surface area contributed by atoms with Crippen molar-refractivity contribution in [3.63, 3.8) is 0 Å². The minimum atomic E-state index is 0.156. The highest BCUT2D eigenvalue weighted by Gasteiger charge is 2.34.